The van der Waals surface area contributed by atoms with E-state index >= 15 is 0 Å². The van der Waals surface area contributed by atoms with Crippen molar-refractivity contribution in [3.05, 3.63) is 34.9 Å². The lowest BCUT2D eigenvalue weighted by Crippen LogP contribution is -2.46. The van der Waals surface area contributed by atoms with Crippen molar-refractivity contribution in [3.8, 4) is 0 Å². The second-order valence-electron chi connectivity index (χ2n) is 6.57. The topological polar surface area (TPSA) is 15.3 Å². The van der Waals surface area contributed by atoms with Crippen LogP contribution in [0, 0.1) is 0 Å². The van der Waals surface area contributed by atoms with Crippen LogP contribution < -0.4 is 5.32 Å². The highest BCUT2D eigenvalue weighted by molar-refractivity contribution is 6.30. The number of benzene rings is 1. The summed E-state index contributed by atoms with van der Waals surface area (Å²) in [6.07, 6.45) is 5.28. The minimum absolute atomic E-state index is 0.646. The number of hydrogen-bond acceptors (Lipinski definition) is 2. The molecule has 3 rings (SSSR count). The zero-order chi connectivity index (χ0) is 14.1. The predicted octanol–water partition coefficient (Wildman–Crippen LogP) is 3.66. The zero-order valence-corrected chi connectivity index (χ0v) is 13.2. The summed E-state index contributed by atoms with van der Waals surface area (Å²) < 4.78 is 0. The van der Waals surface area contributed by atoms with Gasteiger partial charge in [-0.1, -0.05) is 23.7 Å². The van der Waals surface area contributed by atoms with Crippen LogP contribution in [0.25, 0.3) is 0 Å². The third kappa shape index (κ3) is 3.36. The average Bonchev–Trinajstić information content (AvgIpc) is 3.20. The Labute approximate surface area is 127 Å². The van der Waals surface area contributed by atoms with Gasteiger partial charge in [0.1, 0.15) is 0 Å². The summed E-state index contributed by atoms with van der Waals surface area (Å²) in [4.78, 5) is 2.53. The van der Waals surface area contributed by atoms with E-state index in [0.717, 1.165) is 17.6 Å². The number of nitrogens with zero attached hydrogens (tertiary/aromatic N) is 1. The third-order valence-electron chi connectivity index (χ3n) is 4.98. The Bertz CT molecular complexity index is 452. The summed E-state index contributed by atoms with van der Waals surface area (Å²) in [6, 6.07) is 10.5. The first-order valence-electron chi connectivity index (χ1n) is 7.84. The standard InChI is InChI=1S/C17H25ClN2/c1-12(20(2)17-6-7-17)11-19-16-9-14(10-16)13-4-3-5-15(18)8-13/h3-5,8,12,14,16-17,19H,6-7,9-11H2,1-2H3. The highest BCUT2D eigenvalue weighted by Gasteiger charge is 2.32. The lowest BCUT2D eigenvalue weighted by atomic mass is 9.76. The SMILES string of the molecule is CC(CNC1CC(c2cccc(Cl)c2)C1)N(C)C1CC1. The fraction of sp³-hybridized carbons (Fsp3) is 0.647. The minimum atomic E-state index is 0.646. The minimum Gasteiger partial charge on any atom is -0.312 e. The Morgan fingerprint density at radius 1 is 1.35 bits per heavy atom. The fourth-order valence-electron chi connectivity index (χ4n) is 3.14. The summed E-state index contributed by atoms with van der Waals surface area (Å²) in [5.74, 6) is 0.697. The van der Waals surface area contributed by atoms with Crippen LogP contribution >= 0.6 is 11.6 Å². The van der Waals surface area contributed by atoms with Gasteiger partial charge < -0.3 is 5.32 Å². The molecule has 0 bridgehead atoms. The van der Waals surface area contributed by atoms with Crippen LogP contribution in [0.2, 0.25) is 5.02 Å². The maximum Gasteiger partial charge on any atom is 0.0408 e. The number of likely N-dealkylation sites (N-methyl/N-ethyl adjacent to an activating group) is 1. The normalized spacial score (nSPS) is 27.4. The summed E-state index contributed by atoms with van der Waals surface area (Å²) in [5, 5.41) is 4.58. The second-order valence-corrected chi connectivity index (χ2v) is 7.01. The molecule has 0 amide bonds. The van der Waals surface area contributed by atoms with Crippen LogP contribution in [-0.4, -0.2) is 36.6 Å². The predicted molar refractivity (Wildman–Crippen MR) is 85.5 cm³/mol. The van der Waals surface area contributed by atoms with Gasteiger partial charge in [0.25, 0.3) is 0 Å². The monoisotopic (exact) mass is 292 g/mol. The van der Waals surface area contributed by atoms with Gasteiger partial charge in [0, 0.05) is 29.7 Å². The van der Waals surface area contributed by atoms with Crippen LogP contribution in [0.1, 0.15) is 44.1 Å². The molecule has 110 valence electrons. The molecule has 2 aliphatic carbocycles. The Morgan fingerprint density at radius 2 is 2.10 bits per heavy atom. The van der Waals surface area contributed by atoms with Gasteiger partial charge in [-0.2, -0.15) is 0 Å². The van der Waals surface area contributed by atoms with Gasteiger partial charge in [0.2, 0.25) is 0 Å². The van der Waals surface area contributed by atoms with Crippen LogP contribution in [0.15, 0.2) is 24.3 Å². The van der Waals surface area contributed by atoms with Crippen molar-refractivity contribution in [2.75, 3.05) is 13.6 Å². The molecule has 1 aromatic carbocycles. The molecule has 2 fully saturated rings. The largest absolute Gasteiger partial charge is 0.312 e. The van der Waals surface area contributed by atoms with Gasteiger partial charge >= 0.3 is 0 Å². The Morgan fingerprint density at radius 3 is 2.75 bits per heavy atom. The Kier molecular flexibility index (Phi) is 4.34. The Hall–Kier alpha value is -0.570. The fourth-order valence-corrected chi connectivity index (χ4v) is 3.34. The molecule has 2 saturated carbocycles. The van der Waals surface area contributed by atoms with Gasteiger partial charge in [-0.15, -0.1) is 0 Å². The summed E-state index contributed by atoms with van der Waals surface area (Å²) in [7, 11) is 2.26. The van der Waals surface area contributed by atoms with E-state index in [1.54, 1.807) is 0 Å². The van der Waals surface area contributed by atoms with Crippen molar-refractivity contribution in [2.24, 2.45) is 0 Å². The molecular weight excluding hydrogens is 268 g/mol. The first-order valence-corrected chi connectivity index (χ1v) is 8.22. The van der Waals surface area contributed by atoms with E-state index in [1.807, 2.05) is 6.07 Å². The summed E-state index contributed by atoms with van der Waals surface area (Å²) in [5.41, 5.74) is 1.40. The van der Waals surface area contributed by atoms with Gasteiger partial charge in [-0.3, -0.25) is 4.90 Å². The van der Waals surface area contributed by atoms with E-state index < -0.39 is 0 Å². The third-order valence-corrected chi connectivity index (χ3v) is 5.21. The maximum atomic E-state index is 6.06. The van der Waals surface area contributed by atoms with Crippen molar-refractivity contribution in [1.82, 2.24) is 10.2 Å². The van der Waals surface area contributed by atoms with E-state index in [4.69, 9.17) is 11.6 Å². The number of rotatable bonds is 6. The van der Waals surface area contributed by atoms with E-state index in [9.17, 15) is 0 Å². The molecule has 1 atom stereocenters. The van der Waals surface area contributed by atoms with E-state index in [1.165, 1.54) is 31.2 Å². The molecule has 1 unspecified atom stereocenters. The molecular formula is C17H25ClN2. The molecule has 0 radical (unpaired) electrons. The van der Waals surface area contributed by atoms with E-state index in [0.29, 0.717) is 18.0 Å². The van der Waals surface area contributed by atoms with Crippen LogP contribution in [0.3, 0.4) is 0 Å². The molecule has 1 N–H and O–H groups in total. The number of nitrogens with one attached hydrogen (secondary N) is 1. The maximum absolute atomic E-state index is 6.06. The first kappa shape index (κ1) is 14.4. The quantitative estimate of drug-likeness (QED) is 0.861. The highest BCUT2D eigenvalue weighted by atomic mass is 35.5. The van der Waals surface area contributed by atoms with Gasteiger partial charge in [0.05, 0.1) is 0 Å². The van der Waals surface area contributed by atoms with Crippen LogP contribution in [0.5, 0.6) is 0 Å². The first-order chi connectivity index (χ1) is 9.63. The lowest BCUT2D eigenvalue weighted by Gasteiger charge is -2.38. The molecule has 20 heavy (non-hydrogen) atoms. The molecule has 0 heterocycles. The summed E-state index contributed by atoms with van der Waals surface area (Å²) in [6.45, 7) is 3.44. The zero-order valence-electron chi connectivity index (χ0n) is 12.5. The van der Waals surface area contributed by atoms with Gasteiger partial charge in [-0.05, 0) is 63.3 Å². The molecule has 0 saturated heterocycles. The van der Waals surface area contributed by atoms with Gasteiger partial charge in [-0.25, -0.2) is 0 Å². The molecule has 1 aromatic rings. The summed E-state index contributed by atoms with van der Waals surface area (Å²) >= 11 is 6.06. The van der Waals surface area contributed by atoms with Crippen molar-refractivity contribution < 1.29 is 0 Å². The molecule has 0 aromatic heterocycles. The van der Waals surface area contributed by atoms with Gasteiger partial charge in [0.15, 0.2) is 0 Å². The average molecular weight is 293 g/mol. The molecule has 3 heteroatoms. The Balaban J connectivity index is 1.40. The highest BCUT2D eigenvalue weighted by Crippen LogP contribution is 2.37. The number of hydrogen-bond donors (Lipinski definition) is 1. The number of halogens is 1. The molecule has 2 aliphatic rings. The smallest absolute Gasteiger partial charge is 0.0408 e. The molecule has 2 nitrogen and oxygen atoms in total. The van der Waals surface area contributed by atoms with Crippen molar-refractivity contribution in [2.45, 2.75) is 56.7 Å². The van der Waals surface area contributed by atoms with E-state index in [-0.39, 0.29) is 0 Å². The second kappa shape index (κ2) is 6.05. The molecule has 0 aliphatic heterocycles. The van der Waals surface area contributed by atoms with Crippen molar-refractivity contribution in [3.63, 3.8) is 0 Å². The van der Waals surface area contributed by atoms with Crippen molar-refractivity contribution >= 4 is 11.6 Å². The van der Waals surface area contributed by atoms with Crippen molar-refractivity contribution in [1.29, 1.82) is 0 Å². The van der Waals surface area contributed by atoms with E-state index in [2.05, 4.69) is 42.4 Å². The van der Waals surface area contributed by atoms with Crippen LogP contribution in [-0.2, 0) is 0 Å². The van der Waals surface area contributed by atoms with Crippen LogP contribution in [0.4, 0.5) is 0 Å². The lowest BCUT2D eigenvalue weighted by molar-refractivity contribution is 0.213. The molecule has 0 spiro atoms.